The van der Waals surface area contributed by atoms with E-state index in [9.17, 15) is 19.8 Å². The maximum absolute atomic E-state index is 12.8. The lowest BCUT2D eigenvalue weighted by Gasteiger charge is -2.23. The zero-order chi connectivity index (χ0) is 16.2. The third kappa shape index (κ3) is 1.60. The van der Waals surface area contributed by atoms with Crippen LogP contribution in [0.2, 0.25) is 0 Å². The summed E-state index contributed by atoms with van der Waals surface area (Å²) in [6, 6.07) is 4.21. The van der Waals surface area contributed by atoms with Crippen molar-refractivity contribution < 1.29 is 19.8 Å². The van der Waals surface area contributed by atoms with E-state index in [4.69, 9.17) is 5.73 Å². The van der Waals surface area contributed by atoms with Gasteiger partial charge in [0.05, 0.1) is 22.3 Å². The van der Waals surface area contributed by atoms with Crippen LogP contribution in [-0.2, 0) is 0 Å². The van der Waals surface area contributed by atoms with Crippen LogP contribution in [0.25, 0.3) is 0 Å². The number of fused-ring (bicyclic) bond motifs is 2. The Morgan fingerprint density at radius 3 is 2.27 bits per heavy atom. The number of carbonyl (C=O) groups is 2. The zero-order valence-corrected chi connectivity index (χ0v) is 12.0. The zero-order valence-electron chi connectivity index (χ0n) is 12.0. The Labute approximate surface area is 126 Å². The number of phenolic OH excluding ortho intramolecular Hbond substituents is 2. The van der Waals surface area contributed by atoms with Crippen LogP contribution in [0.3, 0.4) is 0 Å². The number of hydrogen-bond donors (Lipinski definition) is 4. The van der Waals surface area contributed by atoms with Crippen molar-refractivity contribution in [3.05, 3.63) is 46.0 Å². The number of phenols is 2. The van der Waals surface area contributed by atoms with E-state index in [1.54, 1.807) is 20.0 Å². The topological polar surface area (TPSA) is 113 Å². The summed E-state index contributed by atoms with van der Waals surface area (Å²) in [7, 11) is 1.61. The minimum Gasteiger partial charge on any atom is -0.507 e. The van der Waals surface area contributed by atoms with E-state index < -0.39 is 11.6 Å². The summed E-state index contributed by atoms with van der Waals surface area (Å²) in [5.41, 5.74) is 6.53. The number of benzene rings is 2. The van der Waals surface area contributed by atoms with Gasteiger partial charge in [0.15, 0.2) is 0 Å². The first-order valence-electron chi connectivity index (χ1n) is 6.63. The highest BCUT2D eigenvalue weighted by Gasteiger charge is 2.37. The summed E-state index contributed by atoms with van der Waals surface area (Å²) in [6.07, 6.45) is 0. The van der Waals surface area contributed by atoms with Gasteiger partial charge in [-0.05, 0) is 30.7 Å². The second kappa shape index (κ2) is 4.49. The summed E-state index contributed by atoms with van der Waals surface area (Å²) in [5.74, 6) is -1.68. The summed E-state index contributed by atoms with van der Waals surface area (Å²) >= 11 is 0. The van der Waals surface area contributed by atoms with Crippen molar-refractivity contribution in [2.24, 2.45) is 0 Å². The second-order valence-corrected chi connectivity index (χ2v) is 5.17. The van der Waals surface area contributed by atoms with Crippen molar-refractivity contribution in [3.63, 3.8) is 0 Å². The molecule has 0 fully saturated rings. The Morgan fingerprint density at radius 2 is 1.64 bits per heavy atom. The van der Waals surface area contributed by atoms with Crippen LogP contribution in [0.4, 0.5) is 11.4 Å². The van der Waals surface area contributed by atoms with Crippen LogP contribution >= 0.6 is 0 Å². The first-order valence-corrected chi connectivity index (χ1v) is 6.63. The number of nitrogens with two attached hydrogens (primary N) is 1. The predicted octanol–water partition coefficient (Wildman–Crippen LogP) is 1.81. The lowest BCUT2D eigenvalue weighted by Crippen LogP contribution is -2.24. The molecule has 2 aromatic carbocycles. The van der Waals surface area contributed by atoms with Crippen LogP contribution in [0.5, 0.6) is 11.5 Å². The molecule has 0 atom stereocenters. The van der Waals surface area contributed by atoms with Gasteiger partial charge in [-0.3, -0.25) is 9.59 Å². The van der Waals surface area contributed by atoms with Gasteiger partial charge in [0, 0.05) is 18.4 Å². The van der Waals surface area contributed by atoms with E-state index in [1.807, 2.05) is 0 Å². The molecule has 0 radical (unpaired) electrons. The summed E-state index contributed by atoms with van der Waals surface area (Å²) in [5, 5.41) is 23.0. The van der Waals surface area contributed by atoms with Crippen molar-refractivity contribution in [2.45, 2.75) is 6.92 Å². The molecule has 5 N–H and O–H groups in total. The molecule has 0 spiro atoms. The third-order valence-electron chi connectivity index (χ3n) is 3.88. The van der Waals surface area contributed by atoms with Gasteiger partial charge >= 0.3 is 0 Å². The number of hydrogen-bond acceptors (Lipinski definition) is 6. The van der Waals surface area contributed by atoms with Crippen molar-refractivity contribution >= 4 is 22.9 Å². The van der Waals surface area contributed by atoms with Crippen molar-refractivity contribution in [2.75, 3.05) is 18.1 Å². The van der Waals surface area contributed by atoms with Gasteiger partial charge in [-0.1, -0.05) is 0 Å². The smallest absolute Gasteiger partial charge is 0.200 e. The van der Waals surface area contributed by atoms with Crippen LogP contribution in [0, 0.1) is 6.92 Å². The highest BCUT2D eigenvalue weighted by atomic mass is 16.3. The molecular formula is C16H14N2O4. The fourth-order valence-corrected chi connectivity index (χ4v) is 2.79. The van der Waals surface area contributed by atoms with Crippen molar-refractivity contribution in [1.29, 1.82) is 0 Å². The maximum atomic E-state index is 12.8. The monoisotopic (exact) mass is 298 g/mol. The van der Waals surface area contributed by atoms with Crippen LogP contribution in [-0.4, -0.2) is 28.8 Å². The number of carbonyl (C=O) groups excluding carboxylic acids is 2. The fourth-order valence-electron chi connectivity index (χ4n) is 2.79. The number of rotatable bonds is 1. The van der Waals surface area contributed by atoms with E-state index in [0.29, 0.717) is 11.3 Å². The van der Waals surface area contributed by atoms with E-state index >= 15 is 0 Å². The number of ketones is 2. The van der Waals surface area contributed by atoms with Crippen LogP contribution in [0.15, 0.2) is 18.2 Å². The minimum atomic E-state index is -0.573. The number of nitrogen functional groups attached to an aromatic ring is 1. The molecule has 22 heavy (non-hydrogen) atoms. The number of nitrogens with one attached hydrogen (secondary N) is 1. The Bertz CT molecular complexity index is 856. The molecule has 0 aromatic heterocycles. The van der Waals surface area contributed by atoms with Crippen molar-refractivity contribution in [3.8, 4) is 11.5 Å². The Hall–Kier alpha value is -3.02. The van der Waals surface area contributed by atoms with Crippen LogP contribution < -0.4 is 11.1 Å². The Kier molecular flexibility index (Phi) is 2.84. The Morgan fingerprint density at radius 1 is 1.00 bits per heavy atom. The average molecular weight is 298 g/mol. The molecule has 2 aromatic rings. The predicted molar refractivity (Wildman–Crippen MR) is 81.8 cm³/mol. The molecule has 3 rings (SSSR count). The van der Waals surface area contributed by atoms with E-state index in [2.05, 4.69) is 5.32 Å². The molecule has 0 saturated carbocycles. The van der Waals surface area contributed by atoms with E-state index in [-0.39, 0.29) is 39.4 Å². The molecule has 0 heterocycles. The second-order valence-electron chi connectivity index (χ2n) is 5.17. The van der Waals surface area contributed by atoms with Gasteiger partial charge in [0.2, 0.25) is 11.6 Å². The minimum absolute atomic E-state index is 0.0454. The van der Waals surface area contributed by atoms with Gasteiger partial charge in [0.25, 0.3) is 0 Å². The molecule has 0 bridgehead atoms. The molecule has 6 nitrogen and oxygen atoms in total. The summed E-state index contributed by atoms with van der Waals surface area (Å²) in [6.45, 7) is 1.63. The average Bonchev–Trinajstić information content (AvgIpc) is 2.49. The van der Waals surface area contributed by atoms with E-state index in [1.165, 1.54) is 12.1 Å². The maximum Gasteiger partial charge on any atom is 0.200 e. The molecule has 6 heteroatoms. The molecule has 0 aliphatic heterocycles. The number of anilines is 2. The normalized spacial score (nSPS) is 12.8. The van der Waals surface area contributed by atoms with Gasteiger partial charge in [-0.2, -0.15) is 0 Å². The molecule has 0 amide bonds. The molecule has 112 valence electrons. The van der Waals surface area contributed by atoms with Crippen molar-refractivity contribution in [1.82, 2.24) is 0 Å². The van der Waals surface area contributed by atoms with Crippen LogP contribution in [0.1, 0.15) is 37.4 Å². The van der Waals surface area contributed by atoms with Gasteiger partial charge in [0.1, 0.15) is 11.5 Å². The largest absolute Gasteiger partial charge is 0.507 e. The molecule has 0 saturated heterocycles. The highest BCUT2D eigenvalue weighted by molar-refractivity contribution is 6.33. The lowest BCUT2D eigenvalue weighted by atomic mass is 9.80. The SMILES string of the molecule is CNc1cc(C)c(O)c2c1C(=O)c1c(O)ccc(N)c1C2=O. The Balaban J connectivity index is 2.47. The third-order valence-corrected chi connectivity index (χ3v) is 3.88. The first kappa shape index (κ1) is 13.9. The summed E-state index contributed by atoms with van der Waals surface area (Å²) < 4.78 is 0. The molecule has 0 unspecified atom stereocenters. The van der Waals surface area contributed by atoms with E-state index in [0.717, 1.165) is 0 Å². The number of aryl methyl sites for hydroxylation is 1. The first-order chi connectivity index (χ1) is 10.4. The highest BCUT2D eigenvalue weighted by Crippen LogP contribution is 2.42. The van der Waals surface area contributed by atoms with Gasteiger partial charge in [-0.25, -0.2) is 0 Å². The van der Waals surface area contributed by atoms with Gasteiger partial charge in [-0.15, -0.1) is 0 Å². The summed E-state index contributed by atoms with van der Waals surface area (Å²) in [4.78, 5) is 25.5. The quantitative estimate of drug-likeness (QED) is 0.402. The molecule has 1 aliphatic rings. The number of aromatic hydroxyl groups is 2. The lowest BCUT2D eigenvalue weighted by molar-refractivity contribution is 0.0975. The fraction of sp³-hybridized carbons (Fsp3) is 0.125. The molecule has 1 aliphatic carbocycles. The standard InChI is InChI=1S/C16H14N2O4/c1-6-5-8(18-2)11-13(14(6)20)15(21)10-7(17)3-4-9(19)12(10)16(11)22/h3-5,18-20H,17H2,1-2H3. The van der Waals surface area contributed by atoms with Gasteiger partial charge < -0.3 is 21.3 Å². The molecular weight excluding hydrogens is 284 g/mol.